The zero-order chi connectivity index (χ0) is 23.1. The van der Waals surface area contributed by atoms with Crippen LogP contribution in [-0.2, 0) is 4.74 Å². The lowest BCUT2D eigenvalue weighted by Gasteiger charge is -2.26. The Labute approximate surface area is 183 Å². The largest absolute Gasteiger partial charge is 0.393 e. The minimum absolute atomic E-state index is 0.135. The van der Waals surface area contributed by atoms with Crippen LogP contribution in [0.5, 0.6) is 0 Å². The number of hydrogen-bond donors (Lipinski definition) is 3. The number of rotatable bonds is 5. The van der Waals surface area contributed by atoms with Crippen LogP contribution in [0.15, 0.2) is 18.3 Å². The van der Waals surface area contributed by atoms with Gasteiger partial charge in [0.1, 0.15) is 17.0 Å². The van der Waals surface area contributed by atoms with Crippen molar-refractivity contribution in [3.63, 3.8) is 0 Å². The molecule has 1 aliphatic carbocycles. The number of anilines is 3. The molecule has 4 atom stereocenters. The van der Waals surface area contributed by atoms with E-state index in [1.165, 1.54) is 6.20 Å². The number of aromatic nitrogens is 4. The number of imidazole rings is 1. The van der Waals surface area contributed by atoms with E-state index in [0.717, 1.165) is 0 Å². The molecule has 0 radical (unpaired) electrons. The zero-order valence-corrected chi connectivity index (χ0v) is 17.1. The van der Waals surface area contributed by atoms with Gasteiger partial charge in [0.05, 0.1) is 24.9 Å². The SMILES string of the molecule is [2H]C1CC(O)CCC1Nc1ncc2nc(Nc3c(F)cc(F)cc3F)n(C3CCOC3)c2n1. The van der Waals surface area contributed by atoms with Gasteiger partial charge >= 0.3 is 0 Å². The Balaban J connectivity index is 1.51. The van der Waals surface area contributed by atoms with Crippen LogP contribution in [0.2, 0.25) is 0 Å². The van der Waals surface area contributed by atoms with Crippen molar-refractivity contribution in [3.8, 4) is 0 Å². The Morgan fingerprint density at radius 2 is 1.94 bits per heavy atom. The molecule has 5 rings (SSSR count). The third kappa shape index (κ3) is 4.09. The highest BCUT2D eigenvalue weighted by molar-refractivity contribution is 5.76. The summed E-state index contributed by atoms with van der Waals surface area (Å²) in [5.41, 5.74) is 0.321. The molecular formula is C21H23F3N6O2. The highest BCUT2D eigenvalue weighted by Crippen LogP contribution is 2.32. The molecule has 2 aromatic heterocycles. The van der Waals surface area contributed by atoms with Crippen LogP contribution in [0.4, 0.5) is 30.8 Å². The predicted octanol–water partition coefficient (Wildman–Crippen LogP) is 3.66. The summed E-state index contributed by atoms with van der Waals surface area (Å²) in [6.07, 6.45) is 2.76. The van der Waals surface area contributed by atoms with Gasteiger partial charge in [-0.25, -0.2) is 23.1 Å². The van der Waals surface area contributed by atoms with E-state index >= 15 is 0 Å². The zero-order valence-electron chi connectivity index (χ0n) is 18.1. The second-order valence-corrected chi connectivity index (χ2v) is 8.05. The number of hydrogen-bond acceptors (Lipinski definition) is 7. The maximum absolute atomic E-state index is 14.3. The van der Waals surface area contributed by atoms with Gasteiger partial charge in [0.2, 0.25) is 11.9 Å². The van der Waals surface area contributed by atoms with Gasteiger partial charge < -0.3 is 20.5 Å². The molecule has 4 unspecified atom stereocenters. The van der Waals surface area contributed by atoms with E-state index in [1.807, 2.05) is 0 Å². The summed E-state index contributed by atoms with van der Waals surface area (Å²) in [5, 5.41) is 15.6. The maximum atomic E-state index is 14.3. The highest BCUT2D eigenvalue weighted by atomic mass is 19.1. The van der Waals surface area contributed by atoms with Crippen molar-refractivity contribution >= 4 is 28.7 Å². The summed E-state index contributed by atoms with van der Waals surface area (Å²) in [6.45, 7) is 0.890. The molecular weight excluding hydrogens is 425 g/mol. The number of aliphatic hydroxyl groups is 1. The fourth-order valence-electron chi connectivity index (χ4n) is 4.12. The smallest absolute Gasteiger partial charge is 0.224 e. The summed E-state index contributed by atoms with van der Waals surface area (Å²) in [5.74, 6) is -2.74. The molecule has 3 heterocycles. The Hall–Kier alpha value is -2.92. The Bertz CT molecular complexity index is 1150. The first kappa shape index (κ1) is 19.7. The quantitative estimate of drug-likeness (QED) is 0.547. The normalized spacial score (nSPS) is 26.3. The van der Waals surface area contributed by atoms with Gasteiger partial charge in [-0.3, -0.25) is 4.57 Å². The molecule has 2 fully saturated rings. The molecule has 32 heavy (non-hydrogen) atoms. The average Bonchev–Trinajstić information content (AvgIpc) is 3.39. The van der Waals surface area contributed by atoms with E-state index in [9.17, 15) is 18.3 Å². The van der Waals surface area contributed by atoms with Gasteiger partial charge in [0.15, 0.2) is 17.3 Å². The van der Waals surface area contributed by atoms with Crippen LogP contribution >= 0.6 is 0 Å². The minimum atomic E-state index is -1.08. The minimum Gasteiger partial charge on any atom is -0.393 e. The van der Waals surface area contributed by atoms with Crippen LogP contribution < -0.4 is 10.6 Å². The molecule has 0 bridgehead atoms. The lowest BCUT2D eigenvalue weighted by molar-refractivity contribution is 0.126. The third-order valence-electron chi connectivity index (χ3n) is 5.77. The van der Waals surface area contributed by atoms with Gasteiger partial charge in [0, 0.05) is 26.2 Å². The second-order valence-electron chi connectivity index (χ2n) is 8.05. The molecule has 8 nitrogen and oxygen atoms in total. The second kappa shape index (κ2) is 8.55. The van der Waals surface area contributed by atoms with E-state index in [2.05, 4.69) is 25.6 Å². The number of nitrogens with zero attached hydrogens (tertiary/aromatic N) is 4. The van der Waals surface area contributed by atoms with Crippen molar-refractivity contribution in [1.29, 1.82) is 0 Å². The fraction of sp³-hybridized carbons (Fsp3) is 0.476. The molecule has 1 saturated carbocycles. The van der Waals surface area contributed by atoms with Crippen molar-refractivity contribution in [2.75, 3.05) is 23.8 Å². The summed E-state index contributed by atoms with van der Waals surface area (Å²) in [7, 11) is 0. The topological polar surface area (TPSA) is 97.1 Å². The average molecular weight is 449 g/mol. The van der Waals surface area contributed by atoms with Crippen molar-refractivity contribution in [2.24, 2.45) is 0 Å². The first-order valence-electron chi connectivity index (χ1n) is 11.1. The van der Waals surface area contributed by atoms with Gasteiger partial charge in [-0.1, -0.05) is 0 Å². The van der Waals surface area contributed by atoms with Crippen molar-refractivity contribution in [2.45, 2.75) is 50.3 Å². The van der Waals surface area contributed by atoms with E-state index in [1.54, 1.807) is 4.57 Å². The van der Waals surface area contributed by atoms with Crippen LogP contribution in [0.25, 0.3) is 11.2 Å². The molecule has 3 aromatic rings. The molecule has 0 amide bonds. The van der Waals surface area contributed by atoms with Crippen molar-refractivity contribution in [1.82, 2.24) is 19.5 Å². The standard InChI is InChI=1S/C21H23F3N6O2/c22-11-7-15(23)18(16(24)8-11)28-21-27-17-9-25-20(26-12-1-3-14(31)4-2-12)29-19(17)30(21)13-5-6-32-10-13/h7-9,12-14,31H,1-6,10H2,(H,27,28)(H,25,26,29)/i1D. The van der Waals surface area contributed by atoms with Crippen LogP contribution in [-0.4, -0.2) is 50.0 Å². The summed E-state index contributed by atoms with van der Waals surface area (Å²) in [6, 6.07) is 0.798. The van der Waals surface area contributed by atoms with E-state index in [0.29, 0.717) is 68.1 Å². The molecule has 1 aliphatic heterocycles. The van der Waals surface area contributed by atoms with Crippen LogP contribution in [0, 0.1) is 17.5 Å². The van der Waals surface area contributed by atoms with Gasteiger partial charge in [-0.2, -0.15) is 4.98 Å². The van der Waals surface area contributed by atoms with E-state index in [4.69, 9.17) is 6.11 Å². The van der Waals surface area contributed by atoms with E-state index < -0.39 is 35.6 Å². The molecule has 0 spiro atoms. The first-order chi connectivity index (χ1) is 15.9. The molecule has 1 saturated heterocycles. The maximum Gasteiger partial charge on any atom is 0.224 e. The number of nitrogens with one attached hydrogen (secondary N) is 2. The molecule has 2 aliphatic rings. The third-order valence-corrected chi connectivity index (χ3v) is 5.77. The summed E-state index contributed by atoms with van der Waals surface area (Å²) in [4.78, 5) is 13.3. The number of ether oxygens (including phenoxy) is 1. The Kier molecular flexibility index (Phi) is 5.27. The monoisotopic (exact) mass is 449 g/mol. The molecule has 11 heteroatoms. The molecule has 1 aromatic carbocycles. The van der Waals surface area contributed by atoms with Crippen molar-refractivity contribution in [3.05, 3.63) is 35.8 Å². The number of fused-ring (bicyclic) bond motifs is 1. The molecule has 3 N–H and O–H groups in total. The number of halogens is 3. The fourth-order valence-corrected chi connectivity index (χ4v) is 4.12. The molecule has 170 valence electrons. The number of aliphatic hydroxyl groups excluding tert-OH is 1. The van der Waals surface area contributed by atoms with Crippen LogP contribution in [0.3, 0.4) is 0 Å². The van der Waals surface area contributed by atoms with Crippen molar-refractivity contribution < 1.29 is 24.4 Å². The lowest BCUT2D eigenvalue weighted by Crippen LogP contribution is -2.29. The van der Waals surface area contributed by atoms with Crippen LogP contribution in [0.1, 0.15) is 39.5 Å². The summed E-state index contributed by atoms with van der Waals surface area (Å²) >= 11 is 0. The highest BCUT2D eigenvalue weighted by Gasteiger charge is 2.27. The Morgan fingerprint density at radius 3 is 2.66 bits per heavy atom. The van der Waals surface area contributed by atoms with Gasteiger partial charge in [-0.05, 0) is 32.1 Å². The lowest BCUT2D eigenvalue weighted by atomic mass is 9.93. The van der Waals surface area contributed by atoms with Gasteiger partial charge in [0.25, 0.3) is 0 Å². The van der Waals surface area contributed by atoms with Gasteiger partial charge in [-0.15, -0.1) is 0 Å². The number of benzene rings is 1. The first-order valence-corrected chi connectivity index (χ1v) is 10.5. The van der Waals surface area contributed by atoms with E-state index in [-0.39, 0.29) is 18.0 Å². The summed E-state index contributed by atoms with van der Waals surface area (Å²) < 4.78 is 57.3. The predicted molar refractivity (Wildman–Crippen MR) is 111 cm³/mol. The Morgan fingerprint density at radius 1 is 1.12 bits per heavy atom.